The van der Waals surface area contributed by atoms with Crippen LogP contribution in [0, 0.1) is 0 Å². The number of carboxylic acid groups (broad SMARTS) is 1. The molecule has 128 valence electrons. The lowest BCUT2D eigenvalue weighted by Crippen LogP contribution is -2.38. The first-order valence-corrected chi connectivity index (χ1v) is 8.40. The van der Waals surface area contributed by atoms with Gasteiger partial charge in [0.05, 0.1) is 11.5 Å². The average Bonchev–Trinajstić information content (AvgIpc) is 2.50. The second kappa shape index (κ2) is 8.61. The molecule has 0 bridgehead atoms. The van der Waals surface area contributed by atoms with Crippen LogP contribution in [-0.2, 0) is 19.6 Å². The van der Waals surface area contributed by atoms with Crippen LogP contribution in [0.3, 0.4) is 0 Å². The lowest BCUT2D eigenvalue weighted by molar-refractivity contribution is -0.137. The summed E-state index contributed by atoms with van der Waals surface area (Å²) in [6.07, 6.45) is 0. The molecule has 0 aromatic heterocycles. The Morgan fingerprint density at radius 3 is 2.35 bits per heavy atom. The number of nitrogens with one attached hydrogen (secondary N) is 1. The SMILES string of the molecule is CCNS(=O)(=O)c1ccc(C(=O)N(CCOC)CC(=O)O)cc1. The molecule has 1 aromatic rings. The van der Waals surface area contributed by atoms with Gasteiger partial charge in [-0.15, -0.1) is 0 Å². The lowest BCUT2D eigenvalue weighted by atomic mass is 10.2. The molecule has 1 amide bonds. The van der Waals surface area contributed by atoms with Gasteiger partial charge in [0, 0.05) is 25.8 Å². The maximum Gasteiger partial charge on any atom is 0.323 e. The number of ether oxygens (including phenoxy) is 1. The number of hydrogen-bond donors (Lipinski definition) is 2. The second-order valence-electron chi connectivity index (χ2n) is 4.64. The van der Waals surface area contributed by atoms with Crippen molar-refractivity contribution in [2.75, 3.05) is 33.4 Å². The number of sulfonamides is 1. The van der Waals surface area contributed by atoms with Crippen molar-refractivity contribution in [3.05, 3.63) is 29.8 Å². The van der Waals surface area contributed by atoms with E-state index in [0.29, 0.717) is 0 Å². The molecule has 0 radical (unpaired) electrons. The molecule has 0 spiro atoms. The Labute approximate surface area is 135 Å². The van der Waals surface area contributed by atoms with E-state index in [1.807, 2.05) is 0 Å². The number of carbonyl (C=O) groups is 2. The first-order chi connectivity index (χ1) is 10.8. The number of carbonyl (C=O) groups excluding carboxylic acids is 1. The minimum Gasteiger partial charge on any atom is -0.480 e. The standard InChI is InChI=1S/C14H20N2O6S/c1-3-15-23(20,21)12-6-4-11(5-7-12)14(19)16(8-9-22-2)10-13(17)18/h4-7,15H,3,8-10H2,1-2H3,(H,17,18). The smallest absolute Gasteiger partial charge is 0.323 e. The minimum absolute atomic E-state index is 0.0394. The third-order valence-electron chi connectivity index (χ3n) is 2.92. The topological polar surface area (TPSA) is 113 Å². The fourth-order valence-electron chi connectivity index (χ4n) is 1.85. The zero-order chi connectivity index (χ0) is 17.5. The molecule has 0 atom stereocenters. The summed E-state index contributed by atoms with van der Waals surface area (Å²) in [4.78, 5) is 24.3. The van der Waals surface area contributed by atoms with Gasteiger partial charge in [-0.1, -0.05) is 6.92 Å². The Hall–Kier alpha value is -1.97. The molecule has 0 unspecified atom stereocenters. The van der Waals surface area contributed by atoms with Gasteiger partial charge in [0.15, 0.2) is 0 Å². The number of methoxy groups -OCH3 is 1. The summed E-state index contributed by atoms with van der Waals surface area (Å²) in [7, 11) is -2.15. The largest absolute Gasteiger partial charge is 0.480 e. The van der Waals surface area contributed by atoms with Crippen molar-refractivity contribution in [2.24, 2.45) is 0 Å². The fraction of sp³-hybridized carbons (Fsp3) is 0.429. The highest BCUT2D eigenvalue weighted by Crippen LogP contribution is 2.12. The Morgan fingerprint density at radius 1 is 1.26 bits per heavy atom. The highest BCUT2D eigenvalue weighted by molar-refractivity contribution is 7.89. The predicted molar refractivity (Wildman–Crippen MR) is 82.7 cm³/mol. The average molecular weight is 344 g/mol. The predicted octanol–water partition coefficient (Wildman–Crippen LogP) is 0.158. The Morgan fingerprint density at radius 2 is 1.87 bits per heavy atom. The van der Waals surface area contributed by atoms with Crippen molar-refractivity contribution in [3.63, 3.8) is 0 Å². The van der Waals surface area contributed by atoms with Gasteiger partial charge in [0.25, 0.3) is 5.91 Å². The minimum atomic E-state index is -3.60. The van der Waals surface area contributed by atoms with E-state index in [2.05, 4.69) is 4.72 Å². The molecule has 0 aliphatic rings. The first kappa shape index (κ1) is 19.1. The molecule has 1 rings (SSSR count). The van der Waals surface area contributed by atoms with E-state index in [4.69, 9.17) is 9.84 Å². The maximum atomic E-state index is 12.3. The van der Waals surface area contributed by atoms with E-state index >= 15 is 0 Å². The van der Waals surface area contributed by atoms with Gasteiger partial charge in [0.1, 0.15) is 6.54 Å². The van der Waals surface area contributed by atoms with Gasteiger partial charge in [-0.25, -0.2) is 13.1 Å². The number of nitrogens with zero attached hydrogens (tertiary/aromatic N) is 1. The maximum absolute atomic E-state index is 12.3. The lowest BCUT2D eigenvalue weighted by Gasteiger charge is -2.20. The van der Waals surface area contributed by atoms with Gasteiger partial charge in [-0.05, 0) is 24.3 Å². The molecule has 0 saturated carbocycles. The summed E-state index contributed by atoms with van der Waals surface area (Å²) in [5.74, 6) is -1.64. The number of aliphatic carboxylic acids is 1. The number of hydrogen-bond acceptors (Lipinski definition) is 5. The van der Waals surface area contributed by atoms with Crippen LogP contribution in [-0.4, -0.2) is 63.7 Å². The Bertz CT molecular complexity index is 642. The monoisotopic (exact) mass is 344 g/mol. The Balaban J connectivity index is 2.95. The molecule has 1 aromatic carbocycles. The van der Waals surface area contributed by atoms with E-state index in [1.54, 1.807) is 6.92 Å². The zero-order valence-electron chi connectivity index (χ0n) is 13.0. The molecule has 0 aliphatic carbocycles. The van der Waals surface area contributed by atoms with E-state index < -0.39 is 28.4 Å². The molecular formula is C14H20N2O6S. The summed E-state index contributed by atoms with van der Waals surface area (Å²) in [5, 5.41) is 8.87. The van der Waals surface area contributed by atoms with E-state index in [0.717, 1.165) is 4.90 Å². The zero-order valence-corrected chi connectivity index (χ0v) is 13.8. The van der Waals surface area contributed by atoms with Crippen LogP contribution in [0.25, 0.3) is 0 Å². The molecule has 0 saturated heterocycles. The third kappa shape index (κ3) is 5.62. The summed E-state index contributed by atoms with van der Waals surface area (Å²) in [5.41, 5.74) is 0.206. The van der Waals surface area contributed by atoms with E-state index in [9.17, 15) is 18.0 Å². The van der Waals surface area contributed by atoms with Gasteiger partial charge < -0.3 is 14.7 Å². The van der Waals surface area contributed by atoms with Gasteiger partial charge in [0.2, 0.25) is 10.0 Å². The normalized spacial score (nSPS) is 11.2. The van der Waals surface area contributed by atoms with E-state index in [1.165, 1.54) is 31.4 Å². The van der Waals surface area contributed by atoms with Crippen molar-refractivity contribution < 1.29 is 27.9 Å². The van der Waals surface area contributed by atoms with Gasteiger partial charge in [-0.3, -0.25) is 9.59 Å². The van der Waals surface area contributed by atoms with Crippen LogP contribution in [0.5, 0.6) is 0 Å². The summed E-state index contributed by atoms with van der Waals surface area (Å²) in [6.45, 7) is 1.78. The fourth-order valence-corrected chi connectivity index (χ4v) is 2.89. The van der Waals surface area contributed by atoms with Crippen molar-refractivity contribution in [2.45, 2.75) is 11.8 Å². The van der Waals surface area contributed by atoms with E-state index in [-0.39, 0.29) is 30.2 Å². The highest BCUT2D eigenvalue weighted by atomic mass is 32.2. The summed E-state index contributed by atoms with van der Waals surface area (Å²) < 4.78 is 30.9. The molecule has 0 aliphatic heterocycles. The van der Waals surface area contributed by atoms with Crippen molar-refractivity contribution in [1.82, 2.24) is 9.62 Å². The molecule has 8 nitrogen and oxygen atoms in total. The molecule has 0 fully saturated rings. The molecular weight excluding hydrogens is 324 g/mol. The number of benzene rings is 1. The van der Waals surface area contributed by atoms with Crippen LogP contribution in [0.4, 0.5) is 0 Å². The second-order valence-corrected chi connectivity index (χ2v) is 6.41. The third-order valence-corrected chi connectivity index (χ3v) is 4.49. The van der Waals surface area contributed by atoms with Crippen LogP contribution < -0.4 is 4.72 Å². The van der Waals surface area contributed by atoms with Gasteiger partial charge in [-0.2, -0.15) is 0 Å². The molecule has 23 heavy (non-hydrogen) atoms. The van der Waals surface area contributed by atoms with Crippen LogP contribution in [0.2, 0.25) is 0 Å². The highest BCUT2D eigenvalue weighted by Gasteiger charge is 2.19. The van der Waals surface area contributed by atoms with Crippen molar-refractivity contribution in [3.8, 4) is 0 Å². The van der Waals surface area contributed by atoms with Crippen molar-refractivity contribution in [1.29, 1.82) is 0 Å². The quantitative estimate of drug-likeness (QED) is 0.660. The first-order valence-electron chi connectivity index (χ1n) is 6.91. The summed E-state index contributed by atoms with van der Waals surface area (Å²) >= 11 is 0. The number of rotatable bonds is 9. The van der Waals surface area contributed by atoms with Gasteiger partial charge >= 0.3 is 5.97 Å². The molecule has 9 heteroatoms. The van der Waals surface area contributed by atoms with Crippen molar-refractivity contribution >= 4 is 21.9 Å². The van der Waals surface area contributed by atoms with Crippen LogP contribution in [0.15, 0.2) is 29.2 Å². The number of carboxylic acids is 1. The van der Waals surface area contributed by atoms with Crippen LogP contribution >= 0.6 is 0 Å². The summed E-state index contributed by atoms with van der Waals surface area (Å²) in [6, 6.07) is 5.32. The Kier molecular flexibility index (Phi) is 7.14. The van der Waals surface area contributed by atoms with Crippen LogP contribution in [0.1, 0.15) is 17.3 Å². The number of amides is 1. The molecule has 2 N–H and O–H groups in total. The molecule has 0 heterocycles.